The standard InChI is InChI=1S/C21H22FN7O.HI/c1-23-21(25-10-7-14-13-27-17-6-5-15(22)12-16(14)17)26-11-8-19-28-20(30-29-19)18-4-2-3-9-24-18;/h2-6,9,12-13,27H,7-8,10-11H2,1H3,(H2,23,25,26);1H. The van der Waals surface area contributed by atoms with Gasteiger partial charge in [0.15, 0.2) is 11.8 Å². The van der Waals surface area contributed by atoms with E-state index in [1.807, 2.05) is 24.4 Å². The summed E-state index contributed by atoms with van der Waals surface area (Å²) in [5, 5.41) is 11.4. The molecule has 0 bridgehead atoms. The molecule has 0 aliphatic heterocycles. The number of guanidine groups is 1. The molecule has 3 aromatic heterocycles. The Morgan fingerprint density at radius 1 is 1.16 bits per heavy atom. The summed E-state index contributed by atoms with van der Waals surface area (Å²) in [6.07, 6.45) is 4.92. The zero-order valence-electron chi connectivity index (χ0n) is 16.9. The van der Waals surface area contributed by atoms with Crippen LogP contribution in [0.4, 0.5) is 4.39 Å². The lowest BCUT2D eigenvalue weighted by Crippen LogP contribution is -2.39. The number of fused-ring (bicyclic) bond motifs is 1. The summed E-state index contributed by atoms with van der Waals surface area (Å²) in [6, 6.07) is 10.3. The maximum atomic E-state index is 13.5. The van der Waals surface area contributed by atoms with Gasteiger partial charge in [0, 0.05) is 49.9 Å². The molecule has 3 heterocycles. The largest absolute Gasteiger partial charge is 0.361 e. The van der Waals surface area contributed by atoms with Crippen molar-refractivity contribution in [3.05, 3.63) is 66.0 Å². The van der Waals surface area contributed by atoms with Crippen molar-refractivity contribution >= 4 is 40.8 Å². The van der Waals surface area contributed by atoms with E-state index in [1.165, 1.54) is 6.07 Å². The fourth-order valence-electron chi connectivity index (χ4n) is 3.14. The van der Waals surface area contributed by atoms with E-state index in [0.29, 0.717) is 42.9 Å². The van der Waals surface area contributed by atoms with Crippen LogP contribution in [0.5, 0.6) is 0 Å². The molecule has 162 valence electrons. The Morgan fingerprint density at radius 2 is 2.00 bits per heavy atom. The number of halogens is 2. The zero-order valence-corrected chi connectivity index (χ0v) is 19.3. The lowest BCUT2D eigenvalue weighted by molar-refractivity contribution is 0.421. The van der Waals surface area contributed by atoms with Crippen LogP contribution < -0.4 is 10.6 Å². The van der Waals surface area contributed by atoms with E-state index in [1.54, 1.807) is 25.4 Å². The van der Waals surface area contributed by atoms with Crippen LogP contribution in [-0.2, 0) is 12.8 Å². The van der Waals surface area contributed by atoms with Crippen LogP contribution in [0.15, 0.2) is 58.3 Å². The quantitative estimate of drug-likeness (QED) is 0.191. The maximum Gasteiger partial charge on any atom is 0.276 e. The number of hydrogen-bond donors (Lipinski definition) is 3. The van der Waals surface area contributed by atoms with Crippen LogP contribution in [0.25, 0.3) is 22.5 Å². The molecule has 0 atom stereocenters. The zero-order chi connectivity index (χ0) is 20.8. The molecule has 8 nitrogen and oxygen atoms in total. The minimum Gasteiger partial charge on any atom is -0.361 e. The van der Waals surface area contributed by atoms with Crippen molar-refractivity contribution in [3.8, 4) is 11.6 Å². The Labute approximate surface area is 195 Å². The third kappa shape index (κ3) is 5.78. The number of aromatic amines is 1. The molecule has 3 N–H and O–H groups in total. The molecule has 0 amide bonds. The first kappa shape index (κ1) is 22.7. The second-order valence-corrected chi connectivity index (χ2v) is 6.66. The summed E-state index contributed by atoms with van der Waals surface area (Å²) >= 11 is 0. The first-order valence-corrected chi connectivity index (χ1v) is 9.67. The SMILES string of the molecule is CN=C(NCCc1noc(-c2ccccn2)n1)NCCc1c[nH]c2ccc(F)cc12.I. The third-order valence-corrected chi connectivity index (χ3v) is 4.63. The molecule has 0 spiro atoms. The molecule has 0 radical (unpaired) electrons. The van der Waals surface area contributed by atoms with Crippen molar-refractivity contribution < 1.29 is 8.91 Å². The molecular weight excluding hydrogens is 512 g/mol. The minimum absolute atomic E-state index is 0. The molecule has 0 aliphatic rings. The Hall–Kier alpha value is -3.02. The monoisotopic (exact) mass is 535 g/mol. The average molecular weight is 535 g/mol. The number of pyridine rings is 1. The van der Waals surface area contributed by atoms with Crippen molar-refractivity contribution in [2.75, 3.05) is 20.1 Å². The lowest BCUT2D eigenvalue weighted by atomic mass is 10.1. The number of H-pyrrole nitrogens is 1. The van der Waals surface area contributed by atoms with Crippen LogP contribution in [-0.4, -0.2) is 46.2 Å². The van der Waals surface area contributed by atoms with E-state index in [-0.39, 0.29) is 29.8 Å². The highest BCUT2D eigenvalue weighted by atomic mass is 127. The third-order valence-electron chi connectivity index (χ3n) is 4.63. The molecule has 4 aromatic rings. The van der Waals surface area contributed by atoms with E-state index >= 15 is 0 Å². The smallest absolute Gasteiger partial charge is 0.276 e. The first-order chi connectivity index (χ1) is 14.7. The van der Waals surface area contributed by atoms with E-state index in [4.69, 9.17) is 4.52 Å². The highest BCUT2D eigenvalue weighted by Crippen LogP contribution is 2.19. The Bertz CT molecular complexity index is 1140. The number of nitrogens with one attached hydrogen (secondary N) is 3. The average Bonchev–Trinajstić information content (AvgIpc) is 3.40. The number of nitrogens with zero attached hydrogens (tertiary/aromatic N) is 4. The van der Waals surface area contributed by atoms with Gasteiger partial charge in [0.2, 0.25) is 0 Å². The normalized spacial score (nSPS) is 11.4. The number of aliphatic imine (C=N–C) groups is 1. The lowest BCUT2D eigenvalue weighted by Gasteiger charge is -2.10. The number of benzene rings is 1. The predicted molar refractivity (Wildman–Crippen MR) is 128 cm³/mol. The number of rotatable bonds is 7. The molecule has 0 aliphatic carbocycles. The number of aromatic nitrogens is 4. The van der Waals surface area contributed by atoms with Crippen molar-refractivity contribution in [2.24, 2.45) is 4.99 Å². The Kier molecular flexibility index (Phi) is 7.93. The second-order valence-electron chi connectivity index (χ2n) is 6.66. The Balaban J connectivity index is 0.00000272. The molecule has 10 heteroatoms. The van der Waals surface area contributed by atoms with Crippen molar-refractivity contribution in [3.63, 3.8) is 0 Å². The van der Waals surface area contributed by atoms with E-state index in [2.05, 4.69) is 35.7 Å². The molecule has 31 heavy (non-hydrogen) atoms. The summed E-state index contributed by atoms with van der Waals surface area (Å²) in [5.74, 6) is 1.44. The van der Waals surface area contributed by atoms with Gasteiger partial charge in [-0.25, -0.2) is 4.39 Å². The van der Waals surface area contributed by atoms with Crippen LogP contribution >= 0.6 is 24.0 Å². The van der Waals surface area contributed by atoms with Gasteiger partial charge in [-0.15, -0.1) is 24.0 Å². The van der Waals surface area contributed by atoms with Gasteiger partial charge < -0.3 is 20.1 Å². The van der Waals surface area contributed by atoms with Gasteiger partial charge in [0.1, 0.15) is 11.5 Å². The summed E-state index contributed by atoms with van der Waals surface area (Å²) < 4.78 is 18.8. The predicted octanol–water partition coefficient (Wildman–Crippen LogP) is 3.32. The van der Waals surface area contributed by atoms with Gasteiger partial charge in [-0.1, -0.05) is 11.2 Å². The molecule has 0 saturated carbocycles. The van der Waals surface area contributed by atoms with Gasteiger partial charge in [0.25, 0.3) is 5.89 Å². The Morgan fingerprint density at radius 3 is 2.77 bits per heavy atom. The highest BCUT2D eigenvalue weighted by molar-refractivity contribution is 14.0. The highest BCUT2D eigenvalue weighted by Gasteiger charge is 2.10. The summed E-state index contributed by atoms with van der Waals surface area (Å²) in [5.41, 5.74) is 2.64. The van der Waals surface area contributed by atoms with Crippen molar-refractivity contribution in [2.45, 2.75) is 12.8 Å². The molecule has 0 saturated heterocycles. The van der Waals surface area contributed by atoms with Crippen molar-refractivity contribution in [1.82, 2.24) is 30.7 Å². The summed E-state index contributed by atoms with van der Waals surface area (Å²) in [4.78, 5) is 15.9. The van der Waals surface area contributed by atoms with Gasteiger partial charge in [-0.2, -0.15) is 4.98 Å². The van der Waals surface area contributed by atoms with Crippen LogP contribution in [0.2, 0.25) is 0 Å². The first-order valence-electron chi connectivity index (χ1n) is 9.67. The van der Waals surface area contributed by atoms with E-state index < -0.39 is 0 Å². The van der Waals surface area contributed by atoms with Gasteiger partial charge in [0.05, 0.1) is 0 Å². The van der Waals surface area contributed by atoms with Crippen LogP contribution in [0.1, 0.15) is 11.4 Å². The molecule has 0 unspecified atom stereocenters. The summed E-state index contributed by atoms with van der Waals surface area (Å²) in [7, 11) is 1.71. The van der Waals surface area contributed by atoms with Gasteiger partial charge in [-0.3, -0.25) is 9.98 Å². The molecule has 1 aromatic carbocycles. The summed E-state index contributed by atoms with van der Waals surface area (Å²) in [6.45, 7) is 1.26. The molecular formula is C21H23FIN7O. The van der Waals surface area contributed by atoms with E-state index in [9.17, 15) is 4.39 Å². The minimum atomic E-state index is -0.235. The van der Waals surface area contributed by atoms with Gasteiger partial charge >= 0.3 is 0 Å². The fraction of sp³-hybridized carbons (Fsp3) is 0.238. The second kappa shape index (κ2) is 10.8. The van der Waals surface area contributed by atoms with Crippen molar-refractivity contribution in [1.29, 1.82) is 0 Å². The van der Waals surface area contributed by atoms with Crippen LogP contribution in [0, 0.1) is 5.82 Å². The fourth-order valence-corrected chi connectivity index (χ4v) is 3.14. The molecule has 4 rings (SSSR count). The topological polar surface area (TPSA) is 104 Å². The maximum absolute atomic E-state index is 13.5. The van der Waals surface area contributed by atoms with Gasteiger partial charge in [-0.05, 0) is 42.3 Å². The molecule has 0 fully saturated rings. The number of hydrogen-bond acceptors (Lipinski definition) is 5. The van der Waals surface area contributed by atoms with E-state index in [0.717, 1.165) is 22.9 Å². The van der Waals surface area contributed by atoms with Crippen LogP contribution in [0.3, 0.4) is 0 Å².